The van der Waals surface area contributed by atoms with Crippen molar-refractivity contribution < 1.29 is 23.8 Å². The Hall–Kier alpha value is -2.11. The van der Waals surface area contributed by atoms with Gasteiger partial charge in [0, 0.05) is 11.8 Å². The molecule has 3 aliphatic carbocycles. The number of allylic oxidation sites excluding steroid dienone is 1. The van der Waals surface area contributed by atoms with E-state index in [2.05, 4.69) is 4.99 Å². The minimum absolute atomic E-state index is 0.323. The van der Waals surface area contributed by atoms with Crippen LogP contribution in [0.15, 0.2) is 28.3 Å². The van der Waals surface area contributed by atoms with Crippen molar-refractivity contribution in [1.29, 1.82) is 0 Å². The zero-order valence-corrected chi connectivity index (χ0v) is 13.3. The van der Waals surface area contributed by atoms with Gasteiger partial charge in [-0.1, -0.05) is 12.2 Å². The summed E-state index contributed by atoms with van der Waals surface area (Å²) in [5, 5.41) is 0. The van der Waals surface area contributed by atoms with Gasteiger partial charge in [0.25, 0.3) is 0 Å². The van der Waals surface area contributed by atoms with Crippen molar-refractivity contribution in [1.82, 2.24) is 0 Å². The average molecular weight is 305 g/mol. The topological polar surface area (TPSA) is 74.2 Å². The summed E-state index contributed by atoms with van der Waals surface area (Å²) in [6.07, 6.45) is 3.87. The second-order valence-electron chi connectivity index (χ2n) is 6.12. The number of methoxy groups -OCH3 is 3. The van der Waals surface area contributed by atoms with Crippen LogP contribution >= 0.6 is 0 Å². The van der Waals surface area contributed by atoms with Gasteiger partial charge in [0.1, 0.15) is 0 Å². The van der Waals surface area contributed by atoms with Crippen molar-refractivity contribution in [3.63, 3.8) is 0 Å². The highest BCUT2D eigenvalue weighted by atomic mass is 16.5. The lowest BCUT2D eigenvalue weighted by atomic mass is 9.45. The Balaban J connectivity index is 2.23. The molecule has 0 saturated carbocycles. The Kier molecular flexibility index (Phi) is 2.99. The van der Waals surface area contributed by atoms with E-state index in [1.165, 1.54) is 14.2 Å². The number of rotatable bonds is 2. The fourth-order valence-electron chi connectivity index (χ4n) is 4.10. The van der Waals surface area contributed by atoms with Gasteiger partial charge in [-0.3, -0.25) is 0 Å². The number of aliphatic imine (C=N–C) groups is 1. The van der Waals surface area contributed by atoms with E-state index in [0.717, 1.165) is 0 Å². The van der Waals surface area contributed by atoms with Crippen LogP contribution in [0.25, 0.3) is 0 Å². The lowest BCUT2D eigenvalue weighted by Crippen LogP contribution is -2.69. The number of hydrogen-bond acceptors (Lipinski definition) is 6. The Labute approximate surface area is 128 Å². The molecule has 0 aromatic rings. The van der Waals surface area contributed by atoms with E-state index in [1.54, 1.807) is 7.11 Å². The molecule has 0 fully saturated rings. The van der Waals surface area contributed by atoms with Gasteiger partial charge in [0.15, 0.2) is 5.90 Å². The summed E-state index contributed by atoms with van der Waals surface area (Å²) >= 11 is 0. The maximum Gasteiger partial charge on any atom is 0.334 e. The van der Waals surface area contributed by atoms with Crippen LogP contribution in [0, 0.1) is 17.3 Å². The zero-order valence-electron chi connectivity index (χ0n) is 13.3. The van der Waals surface area contributed by atoms with Crippen LogP contribution in [-0.4, -0.2) is 44.7 Å². The van der Waals surface area contributed by atoms with E-state index in [4.69, 9.17) is 14.2 Å². The van der Waals surface area contributed by atoms with Crippen molar-refractivity contribution >= 4 is 17.8 Å². The van der Waals surface area contributed by atoms with E-state index >= 15 is 0 Å². The van der Waals surface area contributed by atoms with Crippen LogP contribution < -0.4 is 0 Å². The minimum atomic E-state index is -0.529. The van der Waals surface area contributed by atoms with E-state index in [0.29, 0.717) is 17.0 Å². The first-order valence-corrected chi connectivity index (χ1v) is 7.10. The summed E-state index contributed by atoms with van der Waals surface area (Å²) in [5.74, 6) is -1.08. The molecule has 4 aliphatic rings. The van der Waals surface area contributed by atoms with Gasteiger partial charge in [0.2, 0.25) is 0 Å². The average Bonchev–Trinajstić information content (AvgIpc) is 2.54. The Morgan fingerprint density at radius 3 is 2.00 bits per heavy atom. The molecule has 0 aromatic heterocycles. The molecule has 0 unspecified atom stereocenters. The van der Waals surface area contributed by atoms with Crippen molar-refractivity contribution in [3.8, 4) is 0 Å². The maximum absolute atomic E-state index is 12.3. The van der Waals surface area contributed by atoms with Gasteiger partial charge in [0.05, 0.1) is 43.4 Å². The van der Waals surface area contributed by atoms with Gasteiger partial charge >= 0.3 is 11.9 Å². The zero-order chi connectivity index (χ0) is 16.3. The first kappa shape index (κ1) is 14.8. The van der Waals surface area contributed by atoms with E-state index in [-0.39, 0.29) is 11.8 Å². The lowest BCUT2D eigenvalue weighted by Gasteiger charge is -2.62. The second kappa shape index (κ2) is 4.44. The summed E-state index contributed by atoms with van der Waals surface area (Å²) < 4.78 is 15.2. The normalized spacial score (nSPS) is 38.0. The molecule has 2 bridgehead atoms. The lowest BCUT2D eigenvalue weighted by molar-refractivity contribution is -0.142. The van der Waals surface area contributed by atoms with Crippen molar-refractivity contribution in [2.24, 2.45) is 22.2 Å². The molecule has 0 aromatic carbocycles. The highest BCUT2D eigenvalue weighted by molar-refractivity contribution is 6.06. The maximum atomic E-state index is 12.3. The molecule has 6 heteroatoms. The van der Waals surface area contributed by atoms with Crippen LogP contribution in [0.2, 0.25) is 0 Å². The number of ether oxygens (including phenoxy) is 3. The molecule has 6 nitrogen and oxygen atoms in total. The molecule has 4 rings (SSSR count). The molecular weight excluding hydrogens is 286 g/mol. The molecule has 1 heterocycles. The Bertz CT molecular complexity index is 661. The molecule has 0 amide bonds. The van der Waals surface area contributed by atoms with Crippen LogP contribution in [0.5, 0.6) is 0 Å². The highest BCUT2D eigenvalue weighted by Gasteiger charge is 2.71. The molecule has 0 N–H and O–H groups in total. The second-order valence-corrected chi connectivity index (χ2v) is 6.12. The third-order valence-electron chi connectivity index (χ3n) is 5.47. The number of carbonyl (C=O) groups is 2. The highest BCUT2D eigenvalue weighted by Crippen LogP contribution is 2.64. The Morgan fingerprint density at radius 1 is 1.00 bits per heavy atom. The summed E-state index contributed by atoms with van der Waals surface area (Å²) in [6, 6.07) is 0. The minimum Gasteiger partial charge on any atom is -0.484 e. The fourth-order valence-corrected chi connectivity index (χ4v) is 4.10. The molecule has 22 heavy (non-hydrogen) atoms. The van der Waals surface area contributed by atoms with E-state index in [9.17, 15) is 9.59 Å². The number of hydrogen-bond donors (Lipinski definition) is 0. The quantitative estimate of drug-likeness (QED) is 0.567. The van der Waals surface area contributed by atoms with Crippen molar-refractivity contribution in [2.45, 2.75) is 19.4 Å². The van der Waals surface area contributed by atoms with Crippen LogP contribution in [0.1, 0.15) is 13.8 Å². The third kappa shape index (κ3) is 1.38. The Morgan fingerprint density at radius 2 is 1.50 bits per heavy atom. The molecule has 118 valence electrons. The summed E-state index contributed by atoms with van der Waals surface area (Å²) in [4.78, 5) is 29.1. The predicted octanol–water partition coefficient (Wildman–Crippen LogP) is 1.27. The van der Waals surface area contributed by atoms with Crippen LogP contribution in [0.3, 0.4) is 0 Å². The first-order chi connectivity index (χ1) is 10.4. The predicted molar refractivity (Wildman–Crippen MR) is 78.1 cm³/mol. The number of nitrogens with zero attached hydrogens (tertiary/aromatic N) is 1. The standard InChI is InChI=1S/C16H19NO5/c1-15-8-6-7-9(16(15,2)17-14(15)22-5)11(13(19)21-4)10(8)12(18)20-3/h6-9H,1-5H3/t8-,9-,15-,16+/m1/s1. The largest absolute Gasteiger partial charge is 0.484 e. The molecule has 0 saturated heterocycles. The summed E-state index contributed by atoms with van der Waals surface area (Å²) in [7, 11) is 4.19. The number of carbonyl (C=O) groups excluding carboxylic acids is 2. The van der Waals surface area contributed by atoms with Gasteiger partial charge in [-0.25, -0.2) is 14.6 Å². The molecule has 0 radical (unpaired) electrons. The van der Waals surface area contributed by atoms with Crippen LogP contribution in [0.4, 0.5) is 0 Å². The van der Waals surface area contributed by atoms with E-state index < -0.39 is 22.9 Å². The first-order valence-electron chi connectivity index (χ1n) is 7.10. The van der Waals surface area contributed by atoms with Gasteiger partial charge in [-0.05, 0) is 13.8 Å². The van der Waals surface area contributed by atoms with Gasteiger partial charge < -0.3 is 14.2 Å². The van der Waals surface area contributed by atoms with Crippen molar-refractivity contribution in [2.75, 3.05) is 21.3 Å². The van der Waals surface area contributed by atoms with E-state index in [1.807, 2.05) is 26.0 Å². The van der Waals surface area contributed by atoms with Gasteiger partial charge in [-0.15, -0.1) is 0 Å². The molecule has 1 aliphatic heterocycles. The molecule has 4 atom stereocenters. The SMILES string of the molecule is COC(=O)C1=C(C(=O)OC)[C@H]2C=C[C@H]1[C@]1(C)N=C(OC)[C@@]21C. The third-order valence-corrected chi connectivity index (χ3v) is 5.47. The smallest absolute Gasteiger partial charge is 0.334 e. The van der Waals surface area contributed by atoms with Crippen molar-refractivity contribution in [3.05, 3.63) is 23.3 Å². The van der Waals surface area contributed by atoms with Gasteiger partial charge in [-0.2, -0.15) is 0 Å². The monoisotopic (exact) mass is 305 g/mol. The molecular formula is C16H19NO5. The van der Waals surface area contributed by atoms with Crippen LogP contribution in [-0.2, 0) is 23.8 Å². The molecule has 0 spiro atoms. The fraction of sp³-hybridized carbons (Fsp3) is 0.562. The number of esters is 2. The summed E-state index contributed by atoms with van der Waals surface area (Å²) in [6.45, 7) is 3.99. The summed E-state index contributed by atoms with van der Waals surface area (Å²) in [5.41, 5.74) is -0.298.